The molecular formula is C14H20N2. The monoisotopic (exact) mass is 216 g/mol. The molecule has 0 spiro atoms. The van der Waals surface area contributed by atoms with Crippen LogP contribution < -0.4 is 10.6 Å². The SMILES string of the molecule is c1ccc([C@H]2C[C@@H]2N[C@H]2CCCNC2)cc1. The molecule has 86 valence electrons. The summed E-state index contributed by atoms with van der Waals surface area (Å²) < 4.78 is 0. The van der Waals surface area contributed by atoms with Gasteiger partial charge in [0.15, 0.2) is 0 Å². The molecule has 2 nitrogen and oxygen atoms in total. The number of benzene rings is 1. The average molecular weight is 216 g/mol. The van der Waals surface area contributed by atoms with E-state index in [0.29, 0.717) is 6.04 Å². The van der Waals surface area contributed by atoms with Crippen molar-refractivity contribution in [3.63, 3.8) is 0 Å². The van der Waals surface area contributed by atoms with Crippen LogP contribution >= 0.6 is 0 Å². The Kier molecular flexibility index (Phi) is 2.94. The molecule has 2 aliphatic rings. The molecule has 1 aromatic carbocycles. The van der Waals surface area contributed by atoms with Crippen LogP contribution in [0.15, 0.2) is 30.3 Å². The van der Waals surface area contributed by atoms with Crippen LogP contribution in [-0.4, -0.2) is 25.2 Å². The number of piperidine rings is 1. The summed E-state index contributed by atoms with van der Waals surface area (Å²) in [6.45, 7) is 2.35. The van der Waals surface area contributed by atoms with Gasteiger partial charge in [0, 0.05) is 24.5 Å². The Morgan fingerprint density at radius 1 is 1.19 bits per heavy atom. The van der Waals surface area contributed by atoms with Crippen molar-refractivity contribution in [2.75, 3.05) is 13.1 Å². The lowest BCUT2D eigenvalue weighted by atomic mass is 10.1. The summed E-state index contributed by atoms with van der Waals surface area (Å²) in [5.74, 6) is 0.767. The van der Waals surface area contributed by atoms with Gasteiger partial charge in [-0.2, -0.15) is 0 Å². The van der Waals surface area contributed by atoms with Crippen LogP contribution in [0.3, 0.4) is 0 Å². The molecular weight excluding hydrogens is 196 g/mol. The van der Waals surface area contributed by atoms with Crippen LogP contribution in [0.5, 0.6) is 0 Å². The maximum atomic E-state index is 3.78. The van der Waals surface area contributed by atoms with Crippen LogP contribution in [0.25, 0.3) is 0 Å². The van der Waals surface area contributed by atoms with Gasteiger partial charge in [-0.3, -0.25) is 0 Å². The molecule has 2 fully saturated rings. The minimum atomic E-state index is 0.701. The molecule has 1 saturated carbocycles. The van der Waals surface area contributed by atoms with Crippen molar-refractivity contribution in [1.82, 2.24) is 10.6 Å². The van der Waals surface area contributed by atoms with E-state index in [0.717, 1.165) is 18.5 Å². The average Bonchev–Trinajstić information content (AvgIpc) is 3.11. The first-order valence-electron chi connectivity index (χ1n) is 6.45. The lowest BCUT2D eigenvalue weighted by Crippen LogP contribution is -2.44. The van der Waals surface area contributed by atoms with Crippen LogP contribution in [-0.2, 0) is 0 Å². The molecule has 2 N–H and O–H groups in total. The Hall–Kier alpha value is -0.860. The second-order valence-corrected chi connectivity index (χ2v) is 5.07. The van der Waals surface area contributed by atoms with E-state index in [2.05, 4.69) is 41.0 Å². The highest BCUT2D eigenvalue weighted by Crippen LogP contribution is 2.41. The van der Waals surface area contributed by atoms with Crippen LogP contribution in [0, 0.1) is 0 Å². The van der Waals surface area contributed by atoms with E-state index in [4.69, 9.17) is 0 Å². The Labute approximate surface area is 97.4 Å². The maximum Gasteiger partial charge on any atom is 0.0195 e. The van der Waals surface area contributed by atoms with Gasteiger partial charge in [-0.05, 0) is 31.4 Å². The van der Waals surface area contributed by atoms with Gasteiger partial charge < -0.3 is 10.6 Å². The van der Waals surface area contributed by atoms with E-state index < -0.39 is 0 Å². The molecule has 0 amide bonds. The van der Waals surface area contributed by atoms with Crippen molar-refractivity contribution >= 4 is 0 Å². The molecule has 1 heterocycles. The van der Waals surface area contributed by atoms with E-state index in [1.54, 1.807) is 0 Å². The first kappa shape index (κ1) is 10.3. The second-order valence-electron chi connectivity index (χ2n) is 5.07. The Balaban J connectivity index is 1.52. The Morgan fingerprint density at radius 2 is 2.06 bits per heavy atom. The quantitative estimate of drug-likeness (QED) is 0.806. The maximum absolute atomic E-state index is 3.78. The van der Waals surface area contributed by atoms with Crippen molar-refractivity contribution in [3.8, 4) is 0 Å². The molecule has 3 rings (SSSR count). The van der Waals surface area contributed by atoms with Gasteiger partial charge in [0.05, 0.1) is 0 Å². The summed E-state index contributed by atoms with van der Waals surface area (Å²) in [4.78, 5) is 0. The largest absolute Gasteiger partial charge is 0.315 e. The topological polar surface area (TPSA) is 24.1 Å². The van der Waals surface area contributed by atoms with Gasteiger partial charge in [-0.1, -0.05) is 30.3 Å². The summed E-state index contributed by atoms with van der Waals surface area (Å²) in [7, 11) is 0. The first-order valence-corrected chi connectivity index (χ1v) is 6.45. The fourth-order valence-corrected chi connectivity index (χ4v) is 2.74. The number of nitrogens with one attached hydrogen (secondary N) is 2. The van der Waals surface area contributed by atoms with E-state index in [1.165, 1.54) is 31.4 Å². The summed E-state index contributed by atoms with van der Waals surface area (Å²) in [6.07, 6.45) is 3.98. The van der Waals surface area contributed by atoms with Crippen molar-refractivity contribution in [1.29, 1.82) is 0 Å². The lowest BCUT2D eigenvalue weighted by molar-refractivity contribution is 0.386. The number of rotatable bonds is 3. The fourth-order valence-electron chi connectivity index (χ4n) is 2.74. The fraction of sp³-hybridized carbons (Fsp3) is 0.571. The zero-order valence-electron chi connectivity index (χ0n) is 9.65. The third-order valence-corrected chi connectivity index (χ3v) is 3.76. The normalized spacial score (nSPS) is 33.6. The van der Waals surface area contributed by atoms with E-state index in [-0.39, 0.29) is 0 Å². The molecule has 0 bridgehead atoms. The van der Waals surface area contributed by atoms with Gasteiger partial charge in [0.25, 0.3) is 0 Å². The molecule has 0 aromatic heterocycles. The second kappa shape index (κ2) is 4.56. The highest BCUT2D eigenvalue weighted by molar-refractivity contribution is 5.27. The van der Waals surface area contributed by atoms with E-state index in [9.17, 15) is 0 Å². The van der Waals surface area contributed by atoms with Gasteiger partial charge in [0.2, 0.25) is 0 Å². The van der Waals surface area contributed by atoms with E-state index >= 15 is 0 Å². The molecule has 2 heteroatoms. The standard InChI is InChI=1S/C14H20N2/c1-2-5-11(6-3-1)13-9-14(13)16-12-7-4-8-15-10-12/h1-3,5-6,12-16H,4,7-10H2/t12-,13+,14-/m0/s1. The summed E-state index contributed by atoms with van der Waals surface area (Å²) in [5, 5.41) is 7.24. The third kappa shape index (κ3) is 2.28. The van der Waals surface area contributed by atoms with Crippen molar-refractivity contribution in [2.45, 2.75) is 37.3 Å². The van der Waals surface area contributed by atoms with Crippen molar-refractivity contribution in [3.05, 3.63) is 35.9 Å². The predicted molar refractivity (Wildman–Crippen MR) is 66.6 cm³/mol. The van der Waals surface area contributed by atoms with Gasteiger partial charge in [-0.25, -0.2) is 0 Å². The van der Waals surface area contributed by atoms with Crippen LogP contribution in [0.1, 0.15) is 30.7 Å². The van der Waals surface area contributed by atoms with E-state index in [1.807, 2.05) is 0 Å². The summed E-state index contributed by atoms with van der Waals surface area (Å²) in [5.41, 5.74) is 1.50. The molecule has 1 aliphatic carbocycles. The molecule has 3 atom stereocenters. The zero-order valence-corrected chi connectivity index (χ0v) is 9.65. The lowest BCUT2D eigenvalue weighted by Gasteiger charge is -2.24. The molecule has 1 aromatic rings. The summed E-state index contributed by atoms with van der Waals surface area (Å²) >= 11 is 0. The smallest absolute Gasteiger partial charge is 0.0195 e. The molecule has 0 unspecified atom stereocenters. The van der Waals surface area contributed by atoms with Gasteiger partial charge in [-0.15, -0.1) is 0 Å². The van der Waals surface area contributed by atoms with Crippen LogP contribution in [0.2, 0.25) is 0 Å². The minimum Gasteiger partial charge on any atom is -0.315 e. The molecule has 16 heavy (non-hydrogen) atoms. The molecule has 0 radical (unpaired) electrons. The number of hydrogen-bond acceptors (Lipinski definition) is 2. The van der Waals surface area contributed by atoms with Gasteiger partial charge >= 0.3 is 0 Å². The van der Waals surface area contributed by atoms with Crippen molar-refractivity contribution < 1.29 is 0 Å². The zero-order chi connectivity index (χ0) is 10.8. The van der Waals surface area contributed by atoms with Crippen LogP contribution in [0.4, 0.5) is 0 Å². The third-order valence-electron chi connectivity index (χ3n) is 3.76. The Morgan fingerprint density at radius 3 is 2.81 bits per heavy atom. The Bertz CT molecular complexity index is 330. The summed E-state index contributed by atoms with van der Waals surface area (Å²) in [6, 6.07) is 12.3. The first-order chi connectivity index (χ1) is 7.93. The molecule has 1 aliphatic heterocycles. The highest BCUT2D eigenvalue weighted by Gasteiger charge is 2.39. The molecule has 1 saturated heterocycles. The highest BCUT2D eigenvalue weighted by atomic mass is 15.1. The minimum absolute atomic E-state index is 0.701. The van der Waals surface area contributed by atoms with Crippen molar-refractivity contribution in [2.24, 2.45) is 0 Å². The number of hydrogen-bond donors (Lipinski definition) is 2. The van der Waals surface area contributed by atoms with Gasteiger partial charge in [0.1, 0.15) is 0 Å². The predicted octanol–water partition coefficient (Wildman–Crippen LogP) is 1.88.